The lowest BCUT2D eigenvalue weighted by molar-refractivity contribution is -0.140. The highest BCUT2D eigenvalue weighted by Gasteiger charge is 2.33. The number of carbonyl (C=O) groups is 2. The number of halogens is 1. The number of hydrogen-bond acceptors (Lipinski definition) is 4. The van der Waals surface area contributed by atoms with E-state index in [0.29, 0.717) is 5.02 Å². The Morgan fingerprint density at radius 1 is 0.921 bits per heavy atom. The van der Waals surface area contributed by atoms with Gasteiger partial charge in [-0.05, 0) is 76.6 Å². The van der Waals surface area contributed by atoms with Crippen molar-refractivity contribution < 1.29 is 18.0 Å². The third-order valence-electron chi connectivity index (χ3n) is 5.86. The molecule has 3 aromatic carbocycles. The first-order valence-corrected chi connectivity index (χ1v) is 14.1. The van der Waals surface area contributed by atoms with Crippen LogP contribution < -0.4 is 9.62 Å². The second kappa shape index (κ2) is 12.0. The number of amides is 2. The van der Waals surface area contributed by atoms with Gasteiger partial charge in [0, 0.05) is 17.1 Å². The Morgan fingerprint density at radius 2 is 1.50 bits per heavy atom. The number of sulfonamides is 1. The molecule has 0 fully saturated rings. The van der Waals surface area contributed by atoms with Crippen LogP contribution in [0.25, 0.3) is 0 Å². The second-order valence-electron chi connectivity index (χ2n) is 10.2. The summed E-state index contributed by atoms with van der Waals surface area (Å²) in [5.41, 5.74) is 1.67. The van der Waals surface area contributed by atoms with E-state index in [-0.39, 0.29) is 23.0 Å². The van der Waals surface area contributed by atoms with E-state index >= 15 is 0 Å². The summed E-state index contributed by atoms with van der Waals surface area (Å²) in [4.78, 5) is 28.4. The van der Waals surface area contributed by atoms with Gasteiger partial charge in [0.1, 0.15) is 12.6 Å². The van der Waals surface area contributed by atoms with Crippen LogP contribution in [0.2, 0.25) is 5.02 Å². The van der Waals surface area contributed by atoms with Gasteiger partial charge in [0.05, 0.1) is 10.6 Å². The van der Waals surface area contributed by atoms with Gasteiger partial charge in [0.2, 0.25) is 11.8 Å². The van der Waals surface area contributed by atoms with Crippen molar-refractivity contribution in [3.05, 3.63) is 95.0 Å². The van der Waals surface area contributed by atoms with Crippen molar-refractivity contribution in [1.82, 2.24) is 10.2 Å². The quantitative estimate of drug-likeness (QED) is 0.394. The molecule has 9 heteroatoms. The maximum absolute atomic E-state index is 13.9. The van der Waals surface area contributed by atoms with Crippen LogP contribution in [0.1, 0.15) is 38.8 Å². The molecule has 202 valence electrons. The molecule has 2 amide bonds. The lowest BCUT2D eigenvalue weighted by Crippen LogP contribution is -2.54. The molecule has 0 saturated heterocycles. The molecule has 0 aliphatic carbocycles. The fourth-order valence-corrected chi connectivity index (χ4v) is 5.36. The zero-order chi connectivity index (χ0) is 28.1. The molecule has 0 heterocycles. The number of anilines is 1. The van der Waals surface area contributed by atoms with Crippen molar-refractivity contribution in [1.29, 1.82) is 0 Å². The minimum Gasteiger partial charge on any atom is -0.350 e. The van der Waals surface area contributed by atoms with Crippen molar-refractivity contribution in [2.24, 2.45) is 0 Å². The molecule has 0 spiro atoms. The highest BCUT2D eigenvalue weighted by molar-refractivity contribution is 7.92. The molecular formula is C29H34ClN3O4S. The van der Waals surface area contributed by atoms with E-state index in [2.05, 4.69) is 5.32 Å². The summed E-state index contributed by atoms with van der Waals surface area (Å²) < 4.78 is 28.5. The van der Waals surface area contributed by atoms with Crippen LogP contribution in [0.5, 0.6) is 0 Å². The molecule has 0 aliphatic rings. The molecular weight excluding hydrogens is 522 g/mol. The molecule has 0 bridgehead atoms. The number of nitrogens with zero attached hydrogens (tertiary/aromatic N) is 2. The van der Waals surface area contributed by atoms with Gasteiger partial charge in [-0.3, -0.25) is 13.9 Å². The highest BCUT2D eigenvalue weighted by Crippen LogP contribution is 2.26. The van der Waals surface area contributed by atoms with Crippen LogP contribution in [0.15, 0.2) is 83.8 Å². The monoisotopic (exact) mass is 555 g/mol. The number of benzene rings is 3. The van der Waals surface area contributed by atoms with Crippen LogP contribution >= 0.6 is 11.6 Å². The third-order valence-corrected chi connectivity index (χ3v) is 7.90. The maximum atomic E-state index is 13.9. The Kier molecular flexibility index (Phi) is 9.22. The number of nitrogens with one attached hydrogen (secondary N) is 1. The minimum absolute atomic E-state index is 0.0476. The van der Waals surface area contributed by atoms with E-state index < -0.39 is 34.1 Å². The van der Waals surface area contributed by atoms with Gasteiger partial charge in [0.15, 0.2) is 0 Å². The maximum Gasteiger partial charge on any atom is 0.264 e. The summed E-state index contributed by atoms with van der Waals surface area (Å²) >= 11 is 6.05. The Bertz CT molecular complexity index is 1350. The zero-order valence-corrected chi connectivity index (χ0v) is 23.9. The molecule has 0 unspecified atom stereocenters. The first kappa shape index (κ1) is 29.2. The Labute approximate surface area is 230 Å². The van der Waals surface area contributed by atoms with E-state index in [1.807, 2.05) is 52.0 Å². The van der Waals surface area contributed by atoms with E-state index in [0.717, 1.165) is 15.4 Å². The Balaban J connectivity index is 2.01. The summed E-state index contributed by atoms with van der Waals surface area (Å²) in [5.74, 6) is -0.849. The van der Waals surface area contributed by atoms with Crippen molar-refractivity contribution in [3.8, 4) is 0 Å². The van der Waals surface area contributed by atoms with Crippen LogP contribution in [0.3, 0.4) is 0 Å². The van der Waals surface area contributed by atoms with Gasteiger partial charge in [0.25, 0.3) is 10.0 Å². The van der Waals surface area contributed by atoms with Gasteiger partial charge >= 0.3 is 0 Å². The molecule has 0 radical (unpaired) electrons. The highest BCUT2D eigenvalue weighted by atomic mass is 35.5. The fraction of sp³-hybridized carbons (Fsp3) is 0.310. The largest absolute Gasteiger partial charge is 0.350 e. The first-order chi connectivity index (χ1) is 17.8. The van der Waals surface area contributed by atoms with Crippen LogP contribution in [0.4, 0.5) is 5.69 Å². The SMILES string of the molecule is Cc1ccc(CN(C(=O)CN(c2ccc(Cl)cc2)S(=O)(=O)c2ccccc2)[C@@H](C)C(=O)NC(C)(C)C)cc1. The smallest absolute Gasteiger partial charge is 0.264 e. The summed E-state index contributed by atoms with van der Waals surface area (Å²) in [6, 6.07) is 20.9. The summed E-state index contributed by atoms with van der Waals surface area (Å²) in [7, 11) is -4.11. The predicted octanol–water partition coefficient (Wildman–Crippen LogP) is 5.18. The average Bonchev–Trinajstić information content (AvgIpc) is 2.86. The predicted molar refractivity (Wildman–Crippen MR) is 152 cm³/mol. The van der Waals surface area contributed by atoms with E-state index in [9.17, 15) is 18.0 Å². The molecule has 1 N–H and O–H groups in total. The Hall–Kier alpha value is -3.36. The number of carbonyl (C=O) groups excluding carboxylic acids is 2. The molecule has 3 aromatic rings. The summed E-state index contributed by atoms with van der Waals surface area (Å²) in [5, 5.41) is 3.35. The zero-order valence-electron chi connectivity index (χ0n) is 22.3. The number of aryl methyl sites for hydroxylation is 1. The molecule has 0 saturated carbocycles. The van der Waals surface area contributed by atoms with E-state index in [1.54, 1.807) is 49.4 Å². The normalized spacial score (nSPS) is 12.5. The number of rotatable bonds is 9. The van der Waals surface area contributed by atoms with Gasteiger partial charge in [-0.2, -0.15) is 0 Å². The molecule has 3 rings (SSSR count). The van der Waals surface area contributed by atoms with Gasteiger partial charge in [-0.1, -0.05) is 59.6 Å². The van der Waals surface area contributed by atoms with Gasteiger partial charge in [-0.15, -0.1) is 0 Å². The molecule has 0 aromatic heterocycles. The van der Waals surface area contributed by atoms with Gasteiger partial charge < -0.3 is 10.2 Å². The molecule has 0 aliphatic heterocycles. The van der Waals surface area contributed by atoms with Crippen molar-refractivity contribution in [2.75, 3.05) is 10.8 Å². The van der Waals surface area contributed by atoms with Crippen LogP contribution in [-0.2, 0) is 26.2 Å². The third kappa shape index (κ3) is 7.58. The standard InChI is InChI=1S/C29H34ClN3O4S/c1-21-11-13-23(14-12-21)19-32(22(2)28(35)31-29(3,4)5)27(34)20-33(25-17-15-24(30)16-18-25)38(36,37)26-9-7-6-8-10-26/h6-18,22H,19-20H2,1-5H3,(H,31,35)/t22-/m0/s1. The van der Waals surface area contributed by atoms with Crippen molar-refractivity contribution in [3.63, 3.8) is 0 Å². The molecule has 38 heavy (non-hydrogen) atoms. The van der Waals surface area contributed by atoms with E-state index in [4.69, 9.17) is 11.6 Å². The topological polar surface area (TPSA) is 86.8 Å². The first-order valence-electron chi connectivity index (χ1n) is 12.3. The van der Waals surface area contributed by atoms with Crippen molar-refractivity contribution >= 4 is 39.1 Å². The van der Waals surface area contributed by atoms with Crippen LogP contribution in [0, 0.1) is 6.92 Å². The molecule has 7 nitrogen and oxygen atoms in total. The summed E-state index contributed by atoms with van der Waals surface area (Å²) in [6.07, 6.45) is 0. The average molecular weight is 556 g/mol. The molecule has 1 atom stereocenters. The van der Waals surface area contributed by atoms with Crippen LogP contribution in [-0.4, -0.2) is 43.3 Å². The second-order valence-corrected chi connectivity index (χ2v) is 12.5. The number of hydrogen-bond donors (Lipinski definition) is 1. The Morgan fingerprint density at radius 3 is 2.05 bits per heavy atom. The fourth-order valence-electron chi connectivity index (χ4n) is 3.80. The van der Waals surface area contributed by atoms with Crippen molar-refractivity contribution in [2.45, 2.75) is 57.6 Å². The lowest BCUT2D eigenvalue weighted by Gasteiger charge is -2.33. The minimum atomic E-state index is -4.11. The summed E-state index contributed by atoms with van der Waals surface area (Å²) in [6.45, 7) is 8.82. The lowest BCUT2D eigenvalue weighted by atomic mass is 10.1. The van der Waals surface area contributed by atoms with E-state index in [1.165, 1.54) is 17.0 Å². The van der Waals surface area contributed by atoms with Gasteiger partial charge in [-0.25, -0.2) is 8.42 Å².